The average molecular weight is 327 g/mol. The van der Waals surface area contributed by atoms with Crippen LogP contribution in [0.1, 0.15) is 36.2 Å². The number of likely N-dealkylation sites (tertiary alicyclic amines) is 1. The summed E-state index contributed by atoms with van der Waals surface area (Å²) in [6, 6.07) is 0. The van der Waals surface area contributed by atoms with E-state index < -0.39 is 0 Å². The zero-order valence-electron chi connectivity index (χ0n) is 13.4. The number of hydrogen-bond donors (Lipinski definition) is 0. The van der Waals surface area contributed by atoms with Crippen molar-refractivity contribution in [3.05, 3.63) is 16.9 Å². The lowest BCUT2D eigenvalue weighted by molar-refractivity contribution is -0.129. The van der Waals surface area contributed by atoms with E-state index in [1.807, 2.05) is 4.90 Å². The molecule has 0 N–H and O–H groups in total. The van der Waals surface area contributed by atoms with E-state index in [0.717, 1.165) is 25.8 Å². The molecule has 0 saturated carbocycles. The molecular formula is C15H23ClN4O2. The summed E-state index contributed by atoms with van der Waals surface area (Å²) in [6.07, 6.45) is 4.99. The van der Waals surface area contributed by atoms with Crippen LogP contribution in [-0.2, 0) is 11.8 Å². The molecule has 2 rings (SSSR count). The van der Waals surface area contributed by atoms with Crippen molar-refractivity contribution in [1.29, 1.82) is 0 Å². The molecule has 2 amide bonds. The molecule has 1 unspecified atom stereocenters. The van der Waals surface area contributed by atoms with Crippen molar-refractivity contribution < 1.29 is 9.59 Å². The molecule has 7 heteroatoms. The van der Waals surface area contributed by atoms with Gasteiger partial charge < -0.3 is 9.80 Å². The molecule has 0 bridgehead atoms. The molecule has 1 saturated heterocycles. The Hall–Kier alpha value is -1.56. The van der Waals surface area contributed by atoms with E-state index >= 15 is 0 Å². The number of piperidine rings is 1. The van der Waals surface area contributed by atoms with E-state index in [-0.39, 0.29) is 11.8 Å². The van der Waals surface area contributed by atoms with Crippen molar-refractivity contribution in [3.63, 3.8) is 0 Å². The summed E-state index contributed by atoms with van der Waals surface area (Å²) in [5.41, 5.74) is 0.314. The molecule has 1 atom stereocenters. The minimum Gasteiger partial charge on any atom is -0.349 e. The second kappa shape index (κ2) is 7.13. The van der Waals surface area contributed by atoms with Gasteiger partial charge in [-0.2, -0.15) is 5.10 Å². The third-order valence-corrected chi connectivity index (χ3v) is 4.33. The lowest BCUT2D eigenvalue weighted by Gasteiger charge is -2.32. The Balaban J connectivity index is 1.94. The number of rotatable bonds is 4. The second-order valence-corrected chi connectivity index (χ2v) is 6.49. The van der Waals surface area contributed by atoms with Gasteiger partial charge >= 0.3 is 0 Å². The Morgan fingerprint density at radius 1 is 1.45 bits per heavy atom. The fraction of sp³-hybridized carbons (Fsp3) is 0.667. The summed E-state index contributed by atoms with van der Waals surface area (Å²) >= 11 is 6.05. The molecule has 0 aromatic carbocycles. The van der Waals surface area contributed by atoms with Gasteiger partial charge in [-0.05, 0) is 25.2 Å². The van der Waals surface area contributed by atoms with Crippen LogP contribution in [0, 0.1) is 5.92 Å². The highest BCUT2D eigenvalue weighted by molar-refractivity contribution is 6.33. The van der Waals surface area contributed by atoms with Gasteiger partial charge in [-0.1, -0.05) is 11.6 Å². The molecule has 0 radical (unpaired) electrons. The van der Waals surface area contributed by atoms with Gasteiger partial charge in [0, 0.05) is 46.9 Å². The second-order valence-electron chi connectivity index (χ2n) is 6.09. The van der Waals surface area contributed by atoms with Gasteiger partial charge in [0.1, 0.15) is 0 Å². The zero-order chi connectivity index (χ0) is 16.3. The van der Waals surface area contributed by atoms with Crippen molar-refractivity contribution in [3.8, 4) is 0 Å². The quantitative estimate of drug-likeness (QED) is 0.847. The third-order valence-electron chi connectivity index (χ3n) is 4.06. The molecule has 1 aliphatic heterocycles. The molecule has 22 heavy (non-hydrogen) atoms. The molecule has 1 fully saturated rings. The Morgan fingerprint density at radius 3 is 2.77 bits per heavy atom. The summed E-state index contributed by atoms with van der Waals surface area (Å²) in [5.74, 6) is 0.384. The maximum atomic E-state index is 12.5. The normalized spacial score (nSPS) is 18.4. The van der Waals surface area contributed by atoms with Crippen LogP contribution in [0.4, 0.5) is 0 Å². The molecule has 6 nitrogen and oxygen atoms in total. The van der Waals surface area contributed by atoms with E-state index in [0.29, 0.717) is 29.6 Å². The smallest absolute Gasteiger partial charge is 0.275 e. The molecular weight excluding hydrogens is 304 g/mol. The lowest BCUT2D eigenvalue weighted by atomic mass is 9.93. The first-order chi connectivity index (χ1) is 10.4. The Kier molecular flexibility index (Phi) is 5.45. The van der Waals surface area contributed by atoms with Crippen molar-refractivity contribution in [2.75, 3.05) is 27.2 Å². The Morgan fingerprint density at radius 2 is 2.18 bits per heavy atom. The van der Waals surface area contributed by atoms with Gasteiger partial charge in [0.05, 0.1) is 5.02 Å². The predicted octanol–water partition coefficient (Wildman–Crippen LogP) is 1.79. The number of nitrogens with zero attached hydrogens (tertiary/aromatic N) is 4. The minimum absolute atomic E-state index is 0.116. The topological polar surface area (TPSA) is 58.4 Å². The fourth-order valence-corrected chi connectivity index (χ4v) is 3.05. The number of aromatic nitrogens is 2. The highest BCUT2D eigenvalue weighted by Gasteiger charge is 2.27. The third kappa shape index (κ3) is 4.00. The van der Waals surface area contributed by atoms with Gasteiger partial charge in [-0.25, -0.2) is 0 Å². The van der Waals surface area contributed by atoms with Gasteiger partial charge in [-0.3, -0.25) is 14.3 Å². The van der Waals surface area contributed by atoms with E-state index in [2.05, 4.69) is 5.10 Å². The Labute approximate surface area is 136 Å². The van der Waals surface area contributed by atoms with Crippen LogP contribution in [0.15, 0.2) is 6.20 Å². The van der Waals surface area contributed by atoms with E-state index in [1.165, 1.54) is 0 Å². The SMILES string of the molecule is CN(C)C(=O)CCC1CCCN(C(=O)c2nn(C)cc2Cl)C1. The number of halogens is 1. The summed E-state index contributed by atoms with van der Waals surface area (Å²) in [4.78, 5) is 27.6. The van der Waals surface area contributed by atoms with E-state index in [4.69, 9.17) is 11.6 Å². The summed E-state index contributed by atoms with van der Waals surface area (Å²) in [7, 11) is 5.28. The molecule has 1 aromatic heterocycles. The molecule has 1 aromatic rings. The number of carbonyl (C=O) groups is 2. The Bertz CT molecular complexity index is 556. The molecule has 0 spiro atoms. The monoisotopic (exact) mass is 326 g/mol. The average Bonchev–Trinajstić information content (AvgIpc) is 2.82. The fourth-order valence-electron chi connectivity index (χ4n) is 2.79. The number of aryl methyl sites for hydroxylation is 1. The number of carbonyl (C=O) groups excluding carboxylic acids is 2. The van der Waals surface area contributed by atoms with Crippen LogP contribution >= 0.6 is 11.6 Å². The largest absolute Gasteiger partial charge is 0.349 e. The number of hydrogen-bond acceptors (Lipinski definition) is 3. The highest BCUT2D eigenvalue weighted by atomic mass is 35.5. The first-order valence-electron chi connectivity index (χ1n) is 7.57. The van der Waals surface area contributed by atoms with E-state index in [1.54, 1.807) is 36.9 Å². The first-order valence-corrected chi connectivity index (χ1v) is 7.95. The van der Waals surface area contributed by atoms with Crippen LogP contribution in [0.5, 0.6) is 0 Å². The van der Waals surface area contributed by atoms with Crippen molar-refractivity contribution in [2.45, 2.75) is 25.7 Å². The van der Waals surface area contributed by atoms with E-state index in [9.17, 15) is 9.59 Å². The minimum atomic E-state index is -0.116. The van der Waals surface area contributed by atoms with Crippen LogP contribution in [0.2, 0.25) is 5.02 Å². The van der Waals surface area contributed by atoms with Gasteiger partial charge in [0.15, 0.2) is 5.69 Å². The van der Waals surface area contributed by atoms with Gasteiger partial charge in [-0.15, -0.1) is 0 Å². The predicted molar refractivity (Wildman–Crippen MR) is 84.8 cm³/mol. The maximum absolute atomic E-state index is 12.5. The molecule has 1 aliphatic rings. The van der Waals surface area contributed by atoms with Crippen LogP contribution in [0.25, 0.3) is 0 Å². The first kappa shape index (κ1) is 16.8. The van der Waals surface area contributed by atoms with Crippen LogP contribution in [0.3, 0.4) is 0 Å². The van der Waals surface area contributed by atoms with Crippen LogP contribution < -0.4 is 0 Å². The molecule has 2 heterocycles. The lowest BCUT2D eigenvalue weighted by Crippen LogP contribution is -2.40. The molecule has 122 valence electrons. The highest BCUT2D eigenvalue weighted by Crippen LogP contribution is 2.24. The summed E-state index contributed by atoms with van der Waals surface area (Å²) in [5, 5.41) is 4.53. The summed E-state index contributed by atoms with van der Waals surface area (Å²) < 4.78 is 1.55. The zero-order valence-corrected chi connectivity index (χ0v) is 14.1. The van der Waals surface area contributed by atoms with Crippen molar-refractivity contribution >= 4 is 23.4 Å². The summed E-state index contributed by atoms with van der Waals surface area (Å²) in [6.45, 7) is 1.40. The standard InChI is InChI=1S/C15H23ClN4O2/c1-18(2)13(21)7-6-11-5-4-8-20(9-11)15(22)14-12(16)10-19(3)17-14/h10-11H,4-9H2,1-3H3. The maximum Gasteiger partial charge on any atom is 0.275 e. The molecule has 0 aliphatic carbocycles. The number of amides is 2. The van der Waals surface area contributed by atoms with Crippen molar-refractivity contribution in [1.82, 2.24) is 19.6 Å². The van der Waals surface area contributed by atoms with Gasteiger partial charge in [0.2, 0.25) is 5.91 Å². The van der Waals surface area contributed by atoms with Crippen LogP contribution in [-0.4, -0.2) is 58.6 Å². The van der Waals surface area contributed by atoms with Crippen molar-refractivity contribution in [2.24, 2.45) is 13.0 Å². The van der Waals surface area contributed by atoms with Gasteiger partial charge in [0.25, 0.3) is 5.91 Å².